The van der Waals surface area contributed by atoms with E-state index >= 15 is 0 Å². The maximum Gasteiger partial charge on any atom is 0.221 e. The number of hydrogen-bond acceptors (Lipinski definition) is 3. The number of carbonyl (C=O) groups excluding carboxylic acids is 1. The molecule has 0 radical (unpaired) electrons. The molecule has 0 saturated heterocycles. The molecule has 2 aromatic carbocycles. The highest BCUT2D eigenvalue weighted by Gasteiger charge is 2.10. The highest BCUT2D eigenvalue weighted by Crippen LogP contribution is 2.11. The lowest BCUT2D eigenvalue weighted by Crippen LogP contribution is -2.40. The fourth-order valence-corrected chi connectivity index (χ4v) is 3.11. The van der Waals surface area contributed by atoms with Crippen LogP contribution in [0.2, 0.25) is 0 Å². The lowest BCUT2D eigenvalue weighted by molar-refractivity contribution is -0.114. The minimum atomic E-state index is -0.0722. The Morgan fingerprint density at radius 2 is 1.77 bits per heavy atom. The third kappa shape index (κ3) is 10.6. The van der Waals surface area contributed by atoms with Gasteiger partial charge >= 0.3 is 0 Å². The van der Waals surface area contributed by atoms with E-state index in [0.717, 1.165) is 43.3 Å². The van der Waals surface area contributed by atoms with Crippen LogP contribution in [-0.2, 0) is 17.9 Å². The van der Waals surface area contributed by atoms with Crippen LogP contribution in [0.4, 0.5) is 5.69 Å². The van der Waals surface area contributed by atoms with E-state index in [0.29, 0.717) is 12.6 Å². The Labute approximate surface area is 203 Å². The van der Waals surface area contributed by atoms with Gasteiger partial charge in [-0.3, -0.25) is 9.69 Å². The van der Waals surface area contributed by atoms with E-state index in [-0.39, 0.29) is 29.9 Å². The maximum atomic E-state index is 11.2. The molecule has 1 atom stereocenters. The Bertz CT molecular complexity index is 813. The first-order chi connectivity index (χ1) is 14.5. The molecule has 0 aliphatic carbocycles. The molecule has 0 fully saturated rings. The van der Waals surface area contributed by atoms with Gasteiger partial charge in [-0.25, -0.2) is 4.99 Å². The van der Waals surface area contributed by atoms with Crippen LogP contribution in [-0.4, -0.2) is 42.9 Å². The molecule has 170 valence electrons. The van der Waals surface area contributed by atoms with Crippen LogP contribution in [0.25, 0.3) is 0 Å². The zero-order valence-corrected chi connectivity index (χ0v) is 21.4. The number of halogens is 1. The second kappa shape index (κ2) is 14.8. The Morgan fingerprint density at radius 3 is 2.45 bits per heavy atom. The third-order valence-electron chi connectivity index (χ3n) is 4.89. The summed E-state index contributed by atoms with van der Waals surface area (Å²) in [5, 5.41) is 9.54. The summed E-state index contributed by atoms with van der Waals surface area (Å²) in [6, 6.07) is 18.8. The number of nitrogens with one attached hydrogen (secondary N) is 3. The molecule has 0 aromatic heterocycles. The van der Waals surface area contributed by atoms with Gasteiger partial charge in [0.05, 0.1) is 6.54 Å². The van der Waals surface area contributed by atoms with Crippen molar-refractivity contribution in [2.45, 2.75) is 46.3 Å². The van der Waals surface area contributed by atoms with E-state index in [4.69, 9.17) is 0 Å². The second-order valence-electron chi connectivity index (χ2n) is 7.54. The Balaban J connectivity index is 0.00000480. The summed E-state index contributed by atoms with van der Waals surface area (Å²) < 4.78 is 0. The van der Waals surface area contributed by atoms with Gasteiger partial charge in [0.1, 0.15) is 0 Å². The van der Waals surface area contributed by atoms with Crippen LogP contribution < -0.4 is 16.0 Å². The summed E-state index contributed by atoms with van der Waals surface area (Å²) in [7, 11) is 2.17. The summed E-state index contributed by atoms with van der Waals surface area (Å²) in [6.07, 6.45) is 1.02. The number of aliphatic imine (C=N–C) groups is 1. The zero-order chi connectivity index (χ0) is 21.8. The molecule has 2 rings (SSSR count). The molecule has 3 N–H and O–H groups in total. The minimum absolute atomic E-state index is 0. The van der Waals surface area contributed by atoms with Crippen LogP contribution in [0.3, 0.4) is 0 Å². The number of anilines is 1. The predicted octanol–water partition coefficient (Wildman–Crippen LogP) is 4.23. The molecular formula is C24H36IN5O. The largest absolute Gasteiger partial charge is 0.357 e. The van der Waals surface area contributed by atoms with E-state index in [1.54, 1.807) is 0 Å². The van der Waals surface area contributed by atoms with Crippen molar-refractivity contribution < 1.29 is 4.79 Å². The topological polar surface area (TPSA) is 68.8 Å². The fraction of sp³-hybridized carbons (Fsp3) is 0.417. The smallest absolute Gasteiger partial charge is 0.221 e. The first-order valence-electron chi connectivity index (χ1n) is 10.6. The van der Waals surface area contributed by atoms with Crippen LogP contribution in [0, 0.1) is 0 Å². The van der Waals surface area contributed by atoms with Gasteiger partial charge < -0.3 is 16.0 Å². The van der Waals surface area contributed by atoms with E-state index in [2.05, 4.69) is 77.1 Å². The average molecular weight is 537 g/mol. The average Bonchev–Trinajstić information content (AvgIpc) is 2.72. The van der Waals surface area contributed by atoms with Gasteiger partial charge in [0, 0.05) is 38.3 Å². The molecule has 0 aliphatic heterocycles. The number of hydrogen-bond donors (Lipinski definition) is 3. The van der Waals surface area contributed by atoms with Gasteiger partial charge in [0.2, 0.25) is 5.91 Å². The Hall–Kier alpha value is -2.13. The summed E-state index contributed by atoms with van der Waals surface area (Å²) >= 11 is 0. The third-order valence-corrected chi connectivity index (χ3v) is 4.89. The quantitative estimate of drug-likeness (QED) is 0.241. The highest BCUT2D eigenvalue weighted by atomic mass is 127. The van der Waals surface area contributed by atoms with Gasteiger partial charge in [0.25, 0.3) is 0 Å². The van der Waals surface area contributed by atoms with Crippen molar-refractivity contribution in [1.29, 1.82) is 0 Å². The van der Waals surface area contributed by atoms with Gasteiger partial charge in [-0.2, -0.15) is 0 Å². The normalized spacial score (nSPS) is 12.1. The molecule has 0 heterocycles. The maximum absolute atomic E-state index is 11.2. The number of benzene rings is 2. The lowest BCUT2D eigenvalue weighted by atomic mass is 10.1. The molecule has 0 bridgehead atoms. The minimum Gasteiger partial charge on any atom is -0.357 e. The van der Waals surface area contributed by atoms with E-state index < -0.39 is 0 Å². The molecule has 7 heteroatoms. The van der Waals surface area contributed by atoms with E-state index in [1.807, 2.05) is 24.3 Å². The van der Waals surface area contributed by atoms with Crippen molar-refractivity contribution in [3.63, 3.8) is 0 Å². The summed E-state index contributed by atoms with van der Waals surface area (Å²) in [4.78, 5) is 18.3. The number of amides is 1. The van der Waals surface area contributed by atoms with Crippen LogP contribution in [0.15, 0.2) is 59.6 Å². The standard InChI is InChI=1S/C24H35N5O.HI/c1-5-25-24(27-17-22-12-9-13-23(16-22)28-20(3)30)26-15-14-19(2)29(4)18-21-10-7-6-8-11-21;/h6-13,16,19H,5,14-15,17-18H2,1-4H3,(H,28,30)(H2,25,26,27);1H. The van der Waals surface area contributed by atoms with Crippen LogP contribution >= 0.6 is 24.0 Å². The van der Waals surface area contributed by atoms with E-state index in [1.165, 1.54) is 12.5 Å². The highest BCUT2D eigenvalue weighted by molar-refractivity contribution is 14.0. The number of guanidine groups is 1. The van der Waals surface area contributed by atoms with E-state index in [9.17, 15) is 4.79 Å². The second-order valence-corrected chi connectivity index (χ2v) is 7.54. The molecule has 0 saturated carbocycles. The molecule has 0 aliphatic rings. The summed E-state index contributed by atoms with van der Waals surface area (Å²) in [5.74, 6) is 0.734. The first-order valence-corrected chi connectivity index (χ1v) is 10.6. The van der Waals surface area contributed by atoms with Crippen molar-refractivity contribution in [1.82, 2.24) is 15.5 Å². The Kier molecular flexibility index (Phi) is 12.8. The fourth-order valence-electron chi connectivity index (χ4n) is 3.11. The summed E-state index contributed by atoms with van der Waals surface area (Å²) in [5.41, 5.74) is 3.18. The number of carbonyl (C=O) groups is 1. The molecule has 31 heavy (non-hydrogen) atoms. The van der Waals surface area contributed by atoms with Crippen molar-refractivity contribution in [2.24, 2.45) is 4.99 Å². The number of nitrogens with zero attached hydrogens (tertiary/aromatic N) is 2. The Morgan fingerprint density at radius 1 is 1.06 bits per heavy atom. The molecule has 0 spiro atoms. The monoisotopic (exact) mass is 537 g/mol. The van der Waals surface area contributed by atoms with Crippen molar-refractivity contribution in [3.05, 3.63) is 65.7 Å². The SMILES string of the molecule is CCNC(=NCc1cccc(NC(C)=O)c1)NCCC(C)N(C)Cc1ccccc1.I. The van der Waals surface area contributed by atoms with Crippen LogP contribution in [0.5, 0.6) is 0 Å². The molecular weight excluding hydrogens is 501 g/mol. The van der Waals surface area contributed by atoms with Gasteiger partial charge in [0.15, 0.2) is 5.96 Å². The number of rotatable bonds is 10. The van der Waals surface area contributed by atoms with Crippen LogP contribution in [0.1, 0.15) is 38.3 Å². The van der Waals surface area contributed by atoms with Gasteiger partial charge in [-0.1, -0.05) is 42.5 Å². The molecule has 2 aromatic rings. The lowest BCUT2D eigenvalue weighted by Gasteiger charge is -2.25. The summed E-state index contributed by atoms with van der Waals surface area (Å²) in [6.45, 7) is 8.97. The molecule has 6 nitrogen and oxygen atoms in total. The first kappa shape index (κ1) is 26.9. The zero-order valence-electron chi connectivity index (χ0n) is 19.0. The van der Waals surface area contributed by atoms with Crippen molar-refractivity contribution >= 4 is 41.5 Å². The predicted molar refractivity (Wildman–Crippen MR) is 141 cm³/mol. The van der Waals surface area contributed by atoms with Gasteiger partial charge in [-0.05, 0) is 50.6 Å². The molecule has 1 amide bonds. The molecule has 1 unspecified atom stereocenters. The van der Waals surface area contributed by atoms with Crippen molar-refractivity contribution in [2.75, 3.05) is 25.5 Å². The van der Waals surface area contributed by atoms with Crippen molar-refractivity contribution in [3.8, 4) is 0 Å². The van der Waals surface area contributed by atoms with Gasteiger partial charge in [-0.15, -0.1) is 24.0 Å².